The van der Waals surface area contributed by atoms with Gasteiger partial charge in [0, 0.05) is 5.56 Å². The van der Waals surface area contributed by atoms with Gasteiger partial charge >= 0.3 is 0 Å². The Hall–Kier alpha value is -2.08. The molecule has 0 spiro atoms. The molecular formula is C14H17N3O3. The molecule has 0 aliphatic carbocycles. The van der Waals surface area contributed by atoms with Crippen molar-refractivity contribution in [2.45, 2.75) is 26.3 Å². The van der Waals surface area contributed by atoms with Crippen LogP contribution in [-0.4, -0.2) is 16.9 Å². The summed E-state index contributed by atoms with van der Waals surface area (Å²) in [4.78, 5) is 4.38. The van der Waals surface area contributed by atoms with Crippen LogP contribution < -0.4 is 15.2 Å². The van der Waals surface area contributed by atoms with E-state index in [1.54, 1.807) is 0 Å². The zero-order valence-corrected chi connectivity index (χ0v) is 11.5. The van der Waals surface area contributed by atoms with Crippen molar-refractivity contribution in [1.29, 1.82) is 0 Å². The maximum Gasteiger partial charge on any atom is 0.244 e. The number of benzene rings is 1. The minimum absolute atomic E-state index is 0.240. The van der Waals surface area contributed by atoms with Crippen molar-refractivity contribution in [3.63, 3.8) is 0 Å². The Morgan fingerprint density at radius 1 is 1.30 bits per heavy atom. The minimum atomic E-state index is -0.240. The van der Waals surface area contributed by atoms with E-state index in [2.05, 4.69) is 24.0 Å². The van der Waals surface area contributed by atoms with Crippen molar-refractivity contribution in [2.75, 3.05) is 6.79 Å². The van der Waals surface area contributed by atoms with Gasteiger partial charge in [0.25, 0.3) is 0 Å². The topological polar surface area (TPSA) is 83.4 Å². The van der Waals surface area contributed by atoms with Gasteiger partial charge in [-0.2, -0.15) is 4.98 Å². The Morgan fingerprint density at radius 3 is 2.90 bits per heavy atom. The second-order valence-corrected chi connectivity index (χ2v) is 4.94. The number of ether oxygens (including phenoxy) is 2. The van der Waals surface area contributed by atoms with Gasteiger partial charge < -0.3 is 19.7 Å². The van der Waals surface area contributed by atoms with Gasteiger partial charge in [-0.15, -0.1) is 0 Å². The third-order valence-electron chi connectivity index (χ3n) is 3.61. The molecule has 6 nitrogen and oxygen atoms in total. The third-order valence-corrected chi connectivity index (χ3v) is 3.61. The quantitative estimate of drug-likeness (QED) is 0.923. The second kappa shape index (κ2) is 5.13. The molecule has 2 heterocycles. The van der Waals surface area contributed by atoms with E-state index >= 15 is 0 Å². The minimum Gasteiger partial charge on any atom is -0.454 e. The molecule has 3 rings (SSSR count). The van der Waals surface area contributed by atoms with Crippen molar-refractivity contribution in [1.82, 2.24) is 10.1 Å². The molecule has 0 amide bonds. The number of nitrogens with two attached hydrogens (primary N) is 1. The molecule has 1 aliphatic heterocycles. The van der Waals surface area contributed by atoms with E-state index in [9.17, 15) is 0 Å². The van der Waals surface area contributed by atoms with E-state index in [0.29, 0.717) is 23.4 Å². The Balaban J connectivity index is 1.86. The average molecular weight is 275 g/mol. The standard InChI is InChI=1S/C14H17N3O3/c1-3-8(2)12(15)14-16-13(17-20-14)9-4-5-10-11(6-9)19-7-18-10/h4-6,8,12H,3,7,15H2,1-2H3/t8-,12+/m0/s1. The highest BCUT2D eigenvalue weighted by molar-refractivity contribution is 5.61. The highest BCUT2D eigenvalue weighted by Crippen LogP contribution is 2.35. The van der Waals surface area contributed by atoms with Gasteiger partial charge in [0.2, 0.25) is 18.5 Å². The molecule has 20 heavy (non-hydrogen) atoms. The van der Waals surface area contributed by atoms with Gasteiger partial charge in [-0.05, 0) is 24.1 Å². The van der Waals surface area contributed by atoms with E-state index in [1.807, 2.05) is 18.2 Å². The van der Waals surface area contributed by atoms with Crippen LogP contribution in [0.5, 0.6) is 11.5 Å². The normalized spacial score (nSPS) is 16.1. The van der Waals surface area contributed by atoms with Crippen LogP contribution in [0.1, 0.15) is 32.2 Å². The molecule has 0 unspecified atom stereocenters. The smallest absolute Gasteiger partial charge is 0.244 e. The van der Waals surface area contributed by atoms with Crippen LogP contribution in [0.4, 0.5) is 0 Å². The molecule has 1 aromatic carbocycles. The van der Waals surface area contributed by atoms with Crippen LogP contribution in [0, 0.1) is 5.92 Å². The number of hydrogen-bond donors (Lipinski definition) is 1. The molecule has 1 aromatic heterocycles. The first-order chi connectivity index (χ1) is 9.69. The fourth-order valence-electron chi connectivity index (χ4n) is 2.02. The van der Waals surface area contributed by atoms with Crippen LogP contribution in [-0.2, 0) is 0 Å². The molecule has 2 N–H and O–H groups in total. The number of aromatic nitrogens is 2. The molecule has 0 saturated heterocycles. The molecule has 1 aliphatic rings. The summed E-state index contributed by atoms with van der Waals surface area (Å²) in [5.41, 5.74) is 6.91. The zero-order chi connectivity index (χ0) is 14.1. The predicted molar refractivity (Wildman–Crippen MR) is 72.2 cm³/mol. The van der Waals surface area contributed by atoms with Crippen molar-refractivity contribution in [3.8, 4) is 22.9 Å². The second-order valence-electron chi connectivity index (χ2n) is 4.94. The molecule has 6 heteroatoms. The lowest BCUT2D eigenvalue weighted by molar-refractivity contribution is 0.174. The van der Waals surface area contributed by atoms with Gasteiger partial charge in [-0.25, -0.2) is 0 Å². The van der Waals surface area contributed by atoms with Crippen molar-refractivity contribution in [3.05, 3.63) is 24.1 Å². The van der Waals surface area contributed by atoms with Crippen molar-refractivity contribution in [2.24, 2.45) is 11.7 Å². The summed E-state index contributed by atoms with van der Waals surface area (Å²) in [6.07, 6.45) is 0.961. The summed E-state index contributed by atoms with van der Waals surface area (Å²) in [5.74, 6) is 2.69. The summed E-state index contributed by atoms with van der Waals surface area (Å²) >= 11 is 0. The monoisotopic (exact) mass is 275 g/mol. The van der Waals surface area contributed by atoms with Crippen LogP contribution in [0.2, 0.25) is 0 Å². The molecule has 2 aromatic rings. The van der Waals surface area contributed by atoms with Gasteiger partial charge in [0.15, 0.2) is 11.5 Å². The highest BCUT2D eigenvalue weighted by atomic mass is 16.7. The molecular weight excluding hydrogens is 258 g/mol. The molecule has 0 saturated carbocycles. The third kappa shape index (κ3) is 2.22. The molecule has 0 bridgehead atoms. The van der Waals surface area contributed by atoms with Crippen LogP contribution in [0.15, 0.2) is 22.7 Å². The van der Waals surface area contributed by atoms with E-state index < -0.39 is 0 Å². The zero-order valence-electron chi connectivity index (χ0n) is 11.5. The first kappa shape index (κ1) is 12.9. The SMILES string of the molecule is CC[C@H](C)[C@@H](N)c1nc(-c2ccc3c(c2)OCO3)no1. The Kier molecular flexibility index (Phi) is 3.31. The fraction of sp³-hybridized carbons (Fsp3) is 0.429. The lowest BCUT2D eigenvalue weighted by Crippen LogP contribution is -2.18. The maximum absolute atomic E-state index is 6.09. The van der Waals surface area contributed by atoms with E-state index in [1.165, 1.54) is 0 Å². The Bertz CT molecular complexity index is 611. The van der Waals surface area contributed by atoms with Gasteiger partial charge in [-0.1, -0.05) is 25.4 Å². The maximum atomic E-state index is 6.09. The van der Waals surface area contributed by atoms with E-state index in [0.717, 1.165) is 17.7 Å². The largest absolute Gasteiger partial charge is 0.454 e. The van der Waals surface area contributed by atoms with E-state index in [4.69, 9.17) is 19.7 Å². The Morgan fingerprint density at radius 2 is 2.10 bits per heavy atom. The van der Waals surface area contributed by atoms with Crippen LogP contribution in [0.3, 0.4) is 0 Å². The predicted octanol–water partition coefficient (Wildman–Crippen LogP) is 2.51. The van der Waals surface area contributed by atoms with Crippen LogP contribution in [0.25, 0.3) is 11.4 Å². The first-order valence-electron chi connectivity index (χ1n) is 6.68. The molecule has 106 valence electrons. The lowest BCUT2D eigenvalue weighted by atomic mass is 10.0. The first-order valence-corrected chi connectivity index (χ1v) is 6.68. The van der Waals surface area contributed by atoms with Crippen molar-refractivity contribution < 1.29 is 14.0 Å². The Labute approximate surface area is 116 Å². The summed E-state index contributed by atoms with van der Waals surface area (Å²) in [6, 6.07) is 5.31. The summed E-state index contributed by atoms with van der Waals surface area (Å²) in [5, 5.41) is 3.99. The summed E-state index contributed by atoms with van der Waals surface area (Å²) in [7, 11) is 0. The number of nitrogens with zero attached hydrogens (tertiary/aromatic N) is 2. The number of hydrogen-bond acceptors (Lipinski definition) is 6. The average Bonchev–Trinajstić information content (AvgIpc) is 3.13. The summed E-state index contributed by atoms with van der Waals surface area (Å²) < 4.78 is 15.9. The van der Waals surface area contributed by atoms with Gasteiger partial charge in [0.05, 0.1) is 6.04 Å². The lowest BCUT2D eigenvalue weighted by Gasteiger charge is -2.12. The fourth-order valence-corrected chi connectivity index (χ4v) is 2.02. The highest BCUT2D eigenvalue weighted by Gasteiger charge is 2.21. The molecule has 2 atom stereocenters. The summed E-state index contributed by atoms with van der Waals surface area (Å²) in [6.45, 7) is 4.39. The van der Waals surface area contributed by atoms with Crippen molar-refractivity contribution >= 4 is 0 Å². The molecule has 0 radical (unpaired) electrons. The van der Waals surface area contributed by atoms with Crippen LogP contribution >= 0.6 is 0 Å². The van der Waals surface area contributed by atoms with E-state index in [-0.39, 0.29) is 12.8 Å². The number of rotatable bonds is 4. The van der Waals surface area contributed by atoms with Gasteiger partial charge in [0.1, 0.15) is 0 Å². The molecule has 0 fully saturated rings. The van der Waals surface area contributed by atoms with Gasteiger partial charge in [-0.3, -0.25) is 0 Å². The number of fused-ring (bicyclic) bond motifs is 1.